The predicted octanol–water partition coefficient (Wildman–Crippen LogP) is 3.90. The average Bonchev–Trinajstić information content (AvgIpc) is 3.09. The number of halogens is 1. The van der Waals surface area contributed by atoms with Gasteiger partial charge in [0.2, 0.25) is 0 Å². The van der Waals surface area contributed by atoms with Gasteiger partial charge in [0.1, 0.15) is 5.56 Å². The number of hydrogen-bond acceptors (Lipinski definition) is 6. The first-order valence-corrected chi connectivity index (χ1v) is 8.20. The van der Waals surface area contributed by atoms with Crippen molar-refractivity contribution in [1.29, 1.82) is 0 Å². The molecule has 0 saturated carbocycles. The van der Waals surface area contributed by atoms with Crippen LogP contribution < -0.4 is 5.32 Å². The molecule has 0 aliphatic carbocycles. The number of carbonyl (C=O) groups is 1. The van der Waals surface area contributed by atoms with Gasteiger partial charge in [0.15, 0.2) is 0 Å². The monoisotopic (exact) mass is 401 g/mol. The zero-order valence-corrected chi connectivity index (χ0v) is 15.1. The Balaban J connectivity index is 1.91. The van der Waals surface area contributed by atoms with Crippen molar-refractivity contribution >= 4 is 34.6 Å². The first-order valence-electron chi connectivity index (χ1n) is 7.82. The standard InChI is InChI=1S/C17H12ClN5O5/c1-10-15(22(25)26)6-11(7-16(10)23(27)28)17(24)20-12-8-19-21(9-12)14-5-3-2-4-13(14)18/h2-9H,1H3,(H,20,24). The van der Waals surface area contributed by atoms with Crippen LogP contribution in [-0.2, 0) is 0 Å². The van der Waals surface area contributed by atoms with Crippen LogP contribution in [0, 0.1) is 27.2 Å². The molecule has 2 aromatic carbocycles. The Morgan fingerprint density at radius 2 is 1.75 bits per heavy atom. The van der Waals surface area contributed by atoms with E-state index in [0.717, 1.165) is 12.1 Å². The molecule has 0 aliphatic heterocycles. The number of aromatic nitrogens is 2. The Morgan fingerprint density at radius 1 is 1.14 bits per heavy atom. The lowest BCUT2D eigenvalue weighted by atomic mass is 10.1. The van der Waals surface area contributed by atoms with Gasteiger partial charge in [-0.3, -0.25) is 25.0 Å². The van der Waals surface area contributed by atoms with Gasteiger partial charge in [0.05, 0.1) is 44.2 Å². The molecule has 11 heteroatoms. The van der Waals surface area contributed by atoms with Crippen molar-refractivity contribution in [1.82, 2.24) is 9.78 Å². The van der Waals surface area contributed by atoms with Crippen molar-refractivity contribution in [3.8, 4) is 5.69 Å². The van der Waals surface area contributed by atoms with Crippen LogP contribution >= 0.6 is 11.6 Å². The van der Waals surface area contributed by atoms with Gasteiger partial charge in [-0.2, -0.15) is 5.10 Å². The fourth-order valence-electron chi connectivity index (χ4n) is 2.55. The van der Waals surface area contributed by atoms with E-state index in [0.29, 0.717) is 10.7 Å². The molecule has 0 saturated heterocycles. The van der Waals surface area contributed by atoms with Gasteiger partial charge < -0.3 is 5.32 Å². The Labute approximate surface area is 162 Å². The number of amides is 1. The third-order valence-electron chi connectivity index (χ3n) is 3.95. The van der Waals surface area contributed by atoms with E-state index >= 15 is 0 Å². The quantitative estimate of drug-likeness (QED) is 0.509. The van der Waals surface area contributed by atoms with Gasteiger partial charge in [-0.05, 0) is 19.1 Å². The van der Waals surface area contributed by atoms with Crippen molar-refractivity contribution in [3.05, 3.63) is 85.2 Å². The van der Waals surface area contributed by atoms with Gasteiger partial charge >= 0.3 is 0 Å². The van der Waals surface area contributed by atoms with Crippen molar-refractivity contribution in [2.45, 2.75) is 6.92 Å². The molecule has 10 nitrogen and oxygen atoms in total. The molecule has 1 amide bonds. The largest absolute Gasteiger partial charge is 0.319 e. The summed E-state index contributed by atoms with van der Waals surface area (Å²) in [6.07, 6.45) is 2.86. The highest BCUT2D eigenvalue weighted by atomic mass is 35.5. The van der Waals surface area contributed by atoms with Gasteiger partial charge in [-0.15, -0.1) is 0 Å². The summed E-state index contributed by atoms with van der Waals surface area (Å²) in [5.74, 6) is -0.745. The molecule has 0 fully saturated rings. The molecule has 0 unspecified atom stereocenters. The number of rotatable bonds is 5. The normalized spacial score (nSPS) is 10.5. The summed E-state index contributed by atoms with van der Waals surface area (Å²) in [7, 11) is 0. The molecule has 28 heavy (non-hydrogen) atoms. The Bertz CT molecular complexity index is 1080. The van der Waals surface area contributed by atoms with Crippen molar-refractivity contribution in [2.24, 2.45) is 0 Å². The van der Waals surface area contributed by atoms with Crippen LogP contribution in [0.5, 0.6) is 0 Å². The van der Waals surface area contributed by atoms with Gasteiger partial charge in [0, 0.05) is 12.1 Å². The maximum absolute atomic E-state index is 12.5. The Morgan fingerprint density at radius 3 is 2.32 bits per heavy atom. The second kappa shape index (κ2) is 7.45. The predicted molar refractivity (Wildman–Crippen MR) is 101 cm³/mol. The molecule has 3 aromatic rings. The molecule has 142 valence electrons. The number of para-hydroxylation sites is 1. The van der Waals surface area contributed by atoms with Crippen molar-refractivity contribution < 1.29 is 14.6 Å². The maximum atomic E-state index is 12.5. The van der Waals surface area contributed by atoms with Crippen molar-refractivity contribution in [3.63, 3.8) is 0 Å². The van der Waals surface area contributed by atoms with Crippen LogP contribution in [0.1, 0.15) is 15.9 Å². The van der Waals surface area contributed by atoms with E-state index in [1.165, 1.54) is 24.0 Å². The third-order valence-corrected chi connectivity index (χ3v) is 4.27. The smallest absolute Gasteiger partial charge is 0.279 e. The SMILES string of the molecule is Cc1c([N+](=O)[O-])cc(C(=O)Nc2cnn(-c3ccccc3Cl)c2)cc1[N+](=O)[O-]. The third kappa shape index (κ3) is 3.67. The molecule has 0 radical (unpaired) electrons. The number of nitro groups is 2. The first-order chi connectivity index (χ1) is 13.3. The molecule has 0 bridgehead atoms. The first kappa shape index (κ1) is 19.0. The molecule has 1 aromatic heterocycles. The van der Waals surface area contributed by atoms with E-state index < -0.39 is 27.1 Å². The fraction of sp³-hybridized carbons (Fsp3) is 0.0588. The minimum Gasteiger partial charge on any atom is -0.319 e. The lowest BCUT2D eigenvalue weighted by Gasteiger charge is -2.05. The van der Waals surface area contributed by atoms with Crippen LogP contribution in [0.25, 0.3) is 5.69 Å². The zero-order chi connectivity index (χ0) is 20.4. The number of carbonyl (C=O) groups excluding carboxylic acids is 1. The van der Waals surface area contributed by atoms with E-state index in [1.807, 2.05) is 0 Å². The molecule has 0 aliphatic rings. The highest BCUT2D eigenvalue weighted by Gasteiger charge is 2.25. The van der Waals surface area contributed by atoms with E-state index in [1.54, 1.807) is 24.3 Å². The number of nitro benzene ring substituents is 2. The summed E-state index contributed by atoms with van der Waals surface area (Å²) in [5.41, 5.74) is -0.480. The molecule has 1 N–H and O–H groups in total. The summed E-state index contributed by atoms with van der Waals surface area (Å²) in [4.78, 5) is 33.2. The lowest BCUT2D eigenvalue weighted by Crippen LogP contribution is -2.13. The molecule has 0 atom stereocenters. The molecular formula is C17H12ClN5O5. The minimum absolute atomic E-state index is 0.127. The van der Waals surface area contributed by atoms with E-state index in [2.05, 4.69) is 10.4 Å². The van der Waals surface area contributed by atoms with E-state index in [9.17, 15) is 25.0 Å². The second-order valence-electron chi connectivity index (χ2n) is 5.73. The Kier molecular flexibility index (Phi) is 5.05. The van der Waals surface area contributed by atoms with Crippen LogP contribution in [0.3, 0.4) is 0 Å². The van der Waals surface area contributed by atoms with E-state index in [4.69, 9.17) is 11.6 Å². The number of benzene rings is 2. The maximum Gasteiger partial charge on any atom is 0.279 e. The van der Waals surface area contributed by atoms with Crippen molar-refractivity contribution in [2.75, 3.05) is 5.32 Å². The summed E-state index contributed by atoms with van der Waals surface area (Å²) in [6, 6.07) is 8.93. The summed E-state index contributed by atoms with van der Waals surface area (Å²) in [6.45, 7) is 1.26. The molecule has 0 spiro atoms. The van der Waals surface area contributed by atoms with Gasteiger partial charge in [-0.1, -0.05) is 23.7 Å². The molecule has 1 heterocycles. The zero-order valence-electron chi connectivity index (χ0n) is 14.3. The Hall–Kier alpha value is -3.79. The average molecular weight is 402 g/mol. The summed E-state index contributed by atoms with van der Waals surface area (Å²) >= 11 is 6.10. The molecule has 3 rings (SSSR count). The van der Waals surface area contributed by atoms with Gasteiger partial charge in [0.25, 0.3) is 17.3 Å². The lowest BCUT2D eigenvalue weighted by molar-refractivity contribution is -0.395. The van der Waals surface area contributed by atoms with Crippen LogP contribution in [0.4, 0.5) is 17.1 Å². The van der Waals surface area contributed by atoms with Gasteiger partial charge in [-0.25, -0.2) is 4.68 Å². The number of hydrogen-bond donors (Lipinski definition) is 1. The highest BCUT2D eigenvalue weighted by molar-refractivity contribution is 6.32. The van der Waals surface area contributed by atoms with E-state index in [-0.39, 0.29) is 16.8 Å². The van der Waals surface area contributed by atoms with Crippen LogP contribution in [-0.4, -0.2) is 25.5 Å². The fourth-order valence-corrected chi connectivity index (χ4v) is 2.78. The minimum atomic E-state index is -0.769. The topological polar surface area (TPSA) is 133 Å². The number of anilines is 1. The highest BCUT2D eigenvalue weighted by Crippen LogP contribution is 2.30. The summed E-state index contributed by atoms with van der Waals surface area (Å²) < 4.78 is 1.44. The summed E-state index contributed by atoms with van der Waals surface area (Å²) in [5, 5.41) is 29.4. The second-order valence-corrected chi connectivity index (χ2v) is 6.14. The number of nitrogens with one attached hydrogen (secondary N) is 1. The van der Waals surface area contributed by atoms with Crippen LogP contribution in [0.15, 0.2) is 48.8 Å². The van der Waals surface area contributed by atoms with Crippen LogP contribution in [0.2, 0.25) is 5.02 Å². The molecular weight excluding hydrogens is 390 g/mol. The number of nitrogens with zero attached hydrogens (tertiary/aromatic N) is 4.